The number of pyridine rings is 1. The lowest BCUT2D eigenvalue weighted by molar-refractivity contribution is -0.120. The Morgan fingerprint density at radius 3 is 2.85 bits per heavy atom. The first kappa shape index (κ1) is 18.1. The highest BCUT2D eigenvalue weighted by Gasteiger charge is 2.25. The van der Waals surface area contributed by atoms with Crippen molar-refractivity contribution in [1.82, 2.24) is 15.6 Å². The number of aromatic nitrogens is 1. The number of para-hydroxylation sites is 1. The summed E-state index contributed by atoms with van der Waals surface area (Å²) in [4.78, 5) is 29.2. The van der Waals surface area contributed by atoms with E-state index in [1.54, 1.807) is 30.6 Å². The molecule has 1 aliphatic heterocycles. The first-order valence-electron chi connectivity index (χ1n) is 8.94. The van der Waals surface area contributed by atoms with Crippen LogP contribution in [-0.2, 0) is 11.3 Å². The van der Waals surface area contributed by atoms with Gasteiger partial charge in [0.25, 0.3) is 5.91 Å². The normalized spacial score (nSPS) is 19.6. The van der Waals surface area contributed by atoms with Crippen LogP contribution >= 0.6 is 0 Å². The van der Waals surface area contributed by atoms with E-state index in [9.17, 15) is 9.59 Å². The molecule has 0 unspecified atom stereocenters. The van der Waals surface area contributed by atoms with Gasteiger partial charge in [-0.05, 0) is 50.1 Å². The van der Waals surface area contributed by atoms with Gasteiger partial charge in [0.15, 0.2) is 0 Å². The molecule has 26 heavy (non-hydrogen) atoms. The molecule has 0 spiro atoms. The monoisotopic (exact) mass is 352 g/mol. The minimum Gasteiger partial charge on any atom is -0.348 e. The van der Waals surface area contributed by atoms with E-state index < -0.39 is 0 Å². The molecule has 1 saturated heterocycles. The molecule has 1 aliphatic rings. The molecule has 0 saturated carbocycles. The molecule has 3 N–H and O–H groups in total. The summed E-state index contributed by atoms with van der Waals surface area (Å²) in [6.07, 6.45) is 5.02. The summed E-state index contributed by atoms with van der Waals surface area (Å²) in [5.41, 5.74) is 1.94. The van der Waals surface area contributed by atoms with Gasteiger partial charge in [0.2, 0.25) is 5.91 Å². The number of rotatable bonds is 5. The Morgan fingerprint density at radius 2 is 2.08 bits per heavy atom. The van der Waals surface area contributed by atoms with Gasteiger partial charge in [0, 0.05) is 30.9 Å². The van der Waals surface area contributed by atoms with E-state index in [1.807, 2.05) is 18.2 Å². The zero-order valence-corrected chi connectivity index (χ0v) is 14.9. The molecular formula is C20H24N4O2. The summed E-state index contributed by atoms with van der Waals surface area (Å²) in [5, 5.41) is 9.16. The molecule has 1 fully saturated rings. The van der Waals surface area contributed by atoms with Crippen LogP contribution in [0, 0.1) is 5.92 Å². The maximum Gasteiger partial charge on any atom is 0.253 e. The quantitative estimate of drug-likeness (QED) is 0.771. The van der Waals surface area contributed by atoms with Gasteiger partial charge in [0.05, 0.1) is 11.3 Å². The lowest BCUT2D eigenvalue weighted by Crippen LogP contribution is -2.40. The zero-order valence-electron chi connectivity index (χ0n) is 14.9. The third kappa shape index (κ3) is 4.67. The van der Waals surface area contributed by atoms with Crippen LogP contribution in [0.2, 0.25) is 0 Å². The van der Waals surface area contributed by atoms with Gasteiger partial charge in [-0.25, -0.2) is 0 Å². The topological polar surface area (TPSA) is 83.1 Å². The molecule has 2 amide bonds. The second-order valence-electron chi connectivity index (χ2n) is 6.66. The largest absolute Gasteiger partial charge is 0.348 e. The van der Waals surface area contributed by atoms with Crippen molar-refractivity contribution < 1.29 is 9.59 Å². The fraction of sp³-hybridized carbons (Fsp3) is 0.350. The Morgan fingerprint density at radius 1 is 1.23 bits per heavy atom. The Labute approximate surface area is 153 Å². The third-order valence-electron chi connectivity index (χ3n) is 4.60. The van der Waals surface area contributed by atoms with Crippen LogP contribution in [0.15, 0.2) is 48.8 Å². The second-order valence-corrected chi connectivity index (χ2v) is 6.66. The first-order valence-corrected chi connectivity index (χ1v) is 8.94. The molecular weight excluding hydrogens is 328 g/mol. The Kier molecular flexibility index (Phi) is 5.96. The molecule has 1 aromatic heterocycles. The Bertz CT molecular complexity index is 763. The third-order valence-corrected chi connectivity index (χ3v) is 4.60. The predicted octanol–water partition coefficient (Wildman–Crippen LogP) is 2.34. The number of hydrogen-bond donors (Lipinski definition) is 3. The summed E-state index contributed by atoms with van der Waals surface area (Å²) in [6, 6.07) is 11.2. The fourth-order valence-corrected chi connectivity index (χ4v) is 3.18. The molecule has 6 heteroatoms. The summed E-state index contributed by atoms with van der Waals surface area (Å²) in [6.45, 7) is 3.31. The predicted molar refractivity (Wildman–Crippen MR) is 101 cm³/mol. The molecule has 136 valence electrons. The van der Waals surface area contributed by atoms with E-state index in [2.05, 4.69) is 27.9 Å². The SMILES string of the molecule is C[C@H]1C[C@@H](C(=O)Nc2ccccc2C(=O)NCc2cccnc2)CCN1. The number of carbonyl (C=O) groups is 2. The van der Waals surface area contributed by atoms with E-state index >= 15 is 0 Å². The molecule has 3 rings (SSSR count). The van der Waals surface area contributed by atoms with Gasteiger partial charge >= 0.3 is 0 Å². The van der Waals surface area contributed by atoms with Gasteiger partial charge in [0.1, 0.15) is 0 Å². The number of anilines is 1. The smallest absolute Gasteiger partial charge is 0.253 e. The van der Waals surface area contributed by atoms with E-state index in [4.69, 9.17) is 0 Å². The Hall–Kier alpha value is -2.73. The van der Waals surface area contributed by atoms with Crippen molar-refractivity contribution in [3.05, 3.63) is 59.9 Å². The summed E-state index contributed by atoms with van der Waals surface area (Å²) in [5.74, 6) is -0.271. The molecule has 0 aliphatic carbocycles. The van der Waals surface area contributed by atoms with Crippen LogP contribution in [0.4, 0.5) is 5.69 Å². The molecule has 2 aromatic rings. The van der Waals surface area contributed by atoms with E-state index in [1.165, 1.54) is 0 Å². The van der Waals surface area contributed by atoms with Crippen LogP contribution in [0.5, 0.6) is 0 Å². The number of hydrogen-bond acceptors (Lipinski definition) is 4. The van der Waals surface area contributed by atoms with E-state index in [0.29, 0.717) is 23.8 Å². The molecule has 6 nitrogen and oxygen atoms in total. The second kappa shape index (κ2) is 8.58. The van der Waals surface area contributed by atoms with Gasteiger partial charge in [-0.15, -0.1) is 0 Å². The maximum atomic E-state index is 12.6. The Balaban J connectivity index is 1.65. The summed E-state index contributed by atoms with van der Waals surface area (Å²) >= 11 is 0. The van der Waals surface area contributed by atoms with Crippen molar-refractivity contribution in [2.75, 3.05) is 11.9 Å². The van der Waals surface area contributed by atoms with Gasteiger partial charge in [-0.2, -0.15) is 0 Å². The number of nitrogens with zero attached hydrogens (tertiary/aromatic N) is 1. The molecule has 2 atom stereocenters. The maximum absolute atomic E-state index is 12.6. The average molecular weight is 352 g/mol. The number of carbonyl (C=O) groups excluding carboxylic acids is 2. The molecule has 0 radical (unpaired) electrons. The zero-order chi connectivity index (χ0) is 18.4. The standard InChI is InChI=1S/C20H24N4O2/c1-14-11-16(8-10-22-14)19(25)24-18-7-3-2-6-17(18)20(26)23-13-15-5-4-9-21-12-15/h2-7,9,12,14,16,22H,8,10-11,13H2,1H3,(H,23,26)(H,24,25)/t14-,16-/m0/s1. The minimum absolute atomic E-state index is 0.0224. The van der Waals surface area contributed by atoms with Gasteiger partial charge in [-0.3, -0.25) is 14.6 Å². The number of nitrogens with one attached hydrogen (secondary N) is 3. The average Bonchev–Trinajstić information content (AvgIpc) is 2.67. The van der Waals surface area contributed by atoms with Crippen LogP contribution in [0.25, 0.3) is 0 Å². The lowest BCUT2D eigenvalue weighted by Gasteiger charge is -2.27. The minimum atomic E-state index is -0.219. The fourth-order valence-electron chi connectivity index (χ4n) is 3.18. The van der Waals surface area contributed by atoms with Crippen LogP contribution in [-0.4, -0.2) is 29.4 Å². The van der Waals surface area contributed by atoms with Crippen LogP contribution < -0.4 is 16.0 Å². The molecule has 0 bridgehead atoms. The lowest BCUT2D eigenvalue weighted by atomic mass is 9.92. The first-order chi connectivity index (χ1) is 12.6. The highest BCUT2D eigenvalue weighted by atomic mass is 16.2. The number of benzene rings is 1. The molecule has 2 heterocycles. The highest BCUT2D eigenvalue weighted by molar-refractivity contribution is 6.04. The van der Waals surface area contributed by atoms with Crippen LogP contribution in [0.1, 0.15) is 35.7 Å². The van der Waals surface area contributed by atoms with Crippen molar-refractivity contribution in [3.8, 4) is 0 Å². The number of amides is 2. The van der Waals surface area contributed by atoms with Crippen molar-refractivity contribution in [2.24, 2.45) is 5.92 Å². The summed E-state index contributed by atoms with van der Waals surface area (Å²) in [7, 11) is 0. The molecule has 1 aromatic carbocycles. The van der Waals surface area contributed by atoms with Crippen molar-refractivity contribution in [3.63, 3.8) is 0 Å². The van der Waals surface area contributed by atoms with Gasteiger partial charge in [-0.1, -0.05) is 18.2 Å². The van der Waals surface area contributed by atoms with Crippen LogP contribution in [0.3, 0.4) is 0 Å². The van der Waals surface area contributed by atoms with E-state index in [-0.39, 0.29) is 17.7 Å². The number of piperidine rings is 1. The van der Waals surface area contributed by atoms with Crippen molar-refractivity contribution in [2.45, 2.75) is 32.4 Å². The van der Waals surface area contributed by atoms with Crippen molar-refractivity contribution >= 4 is 17.5 Å². The summed E-state index contributed by atoms with van der Waals surface area (Å²) < 4.78 is 0. The van der Waals surface area contributed by atoms with Gasteiger partial charge < -0.3 is 16.0 Å². The highest BCUT2D eigenvalue weighted by Crippen LogP contribution is 2.21. The van der Waals surface area contributed by atoms with E-state index in [0.717, 1.165) is 24.9 Å². The van der Waals surface area contributed by atoms with Crippen molar-refractivity contribution in [1.29, 1.82) is 0 Å².